The summed E-state index contributed by atoms with van der Waals surface area (Å²) in [4.78, 5) is 0.160. The van der Waals surface area contributed by atoms with Crippen LogP contribution in [0.5, 0.6) is 0 Å². The zero-order valence-electron chi connectivity index (χ0n) is 10.5. The second-order valence-electron chi connectivity index (χ2n) is 4.41. The minimum absolute atomic E-state index is 0.145. The van der Waals surface area contributed by atoms with Gasteiger partial charge in [-0.25, -0.2) is 8.42 Å². The standard InChI is InChI=1S/C12H15BrClNO3S/c1-18-10-4-6-15(7-5-10)19(16,17)12-3-2-9(13)8-11(12)14/h2-3,8,10H,4-7H2,1H3. The fourth-order valence-corrected chi connectivity index (χ4v) is 4.61. The van der Waals surface area contributed by atoms with Crippen LogP contribution in [-0.4, -0.2) is 39.0 Å². The molecule has 7 heteroatoms. The third-order valence-electron chi connectivity index (χ3n) is 3.25. The van der Waals surface area contributed by atoms with E-state index in [9.17, 15) is 8.42 Å². The number of ether oxygens (including phenoxy) is 1. The van der Waals surface area contributed by atoms with Crippen LogP contribution >= 0.6 is 27.5 Å². The zero-order chi connectivity index (χ0) is 14.0. The summed E-state index contributed by atoms with van der Waals surface area (Å²) in [5, 5.41) is 0.239. The Kier molecular flexibility index (Phi) is 4.89. The van der Waals surface area contributed by atoms with Crippen molar-refractivity contribution in [2.24, 2.45) is 0 Å². The highest BCUT2D eigenvalue weighted by molar-refractivity contribution is 9.10. The summed E-state index contributed by atoms with van der Waals surface area (Å²) in [7, 11) is -1.86. The Labute approximate surface area is 126 Å². The van der Waals surface area contributed by atoms with Crippen molar-refractivity contribution < 1.29 is 13.2 Å². The molecule has 106 valence electrons. The summed E-state index contributed by atoms with van der Waals surface area (Å²) < 4.78 is 32.5. The van der Waals surface area contributed by atoms with Gasteiger partial charge in [0.25, 0.3) is 0 Å². The summed E-state index contributed by atoms with van der Waals surface area (Å²) in [6, 6.07) is 4.81. The van der Waals surface area contributed by atoms with Gasteiger partial charge in [-0.15, -0.1) is 0 Å². The van der Waals surface area contributed by atoms with E-state index in [0.717, 1.165) is 4.47 Å². The monoisotopic (exact) mass is 367 g/mol. The molecule has 1 saturated heterocycles. The van der Waals surface area contributed by atoms with E-state index in [2.05, 4.69) is 15.9 Å². The first kappa shape index (κ1) is 15.3. The average molecular weight is 369 g/mol. The Morgan fingerprint density at radius 1 is 1.37 bits per heavy atom. The van der Waals surface area contributed by atoms with Crippen molar-refractivity contribution in [3.63, 3.8) is 0 Å². The lowest BCUT2D eigenvalue weighted by molar-refractivity contribution is 0.0604. The van der Waals surface area contributed by atoms with E-state index in [1.807, 2.05) is 0 Å². The molecule has 1 aliphatic heterocycles. The molecule has 0 aliphatic carbocycles. The zero-order valence-corrected chi connectivity index (χ0v) is 13.6. The minimum Gasteiger partial charge on any atom is -0.381 e. The van der Waals surface area contributed by atoms with Crippen molar-refractivity contribution in [3.8, 4) is 0 Å². The molecule has 0 unspecified atom stereocenters. The molecule has 19 heavy (non-hydrogen) atoms. The van der Waals surface area contributed by atoms with Crippen LogP contribution < -0.4 is 0 Å². The smallest absolute Gasteiger partial charge is 0.244 e. The Hall–Kier alpha value is -0.140. The molecule has 0 atom stereocenters. The molecule has 0 saturated carbocycles. The van der Waals surface area contributed by atoms with Crippen molar-refractivity contribution in [1.29, 1.82) is 0 Å². The number of hydrogen-bond acceptors (Lipinski definition) is 3. The second-order valence-corrected chi connectivity index (χ2v) is 7.64. The topological polar surface area (TPSA) is 46.6 Å². The second kappa shape index (κ2) is 6.10. The number of methoxy groups -OCH3 is 1. The van der Waals surface area contributed by atoms with Crippen LogP contribution in [0, 0.1) is 0 Å². The van der Waals surface area contributed by atoms with E-state index in [-0.39, 0.29) is 16.0 Å². The first-order valence-corrected chi connectivity index (χ1v) is 8.54. The van der Waals surface area contributed by atoms with Crippen molar-refractivity contribution in [2.45, 2.75) is 23.8 Å². The fourth-order valence-electron chi connectivity index (χ4n) is 2.13. The highest BCUT2D eigenvalue weighted by atomic mass is 79.9. The van der Waals surface area contributed by atoms with Gasteiger partial charge in [0.15, 0.2) is 0 Å². The number of benzene rings is 1. The maximum absolute atomic E-state index is 12.5. The summed E-state index contributed by atoms with van der Waals surface area (Å²) in [5.41, 5.74) is 0. The Bertz CT molecular complexity index is 556. The molecule has 0 bridgehead atoms. The van der Waals surface area contributed by atoms with Crippen molar-refractivity contribution in [1.82, 2.24) is 4.31 Å². The normalized spacial score (nSPS) is 18.7. The van der Waals surface area contributed by atoms with Gasteiger partial charge in [0.05, 0.1) is 11.1 Å². The van der Waals surface area contributed by atoms with Gasteiger partial charge in [0.1, 0.15) is 4.90 Å². The Morgan fingerprint density at radius 2 is 2.00 bits per heavy atom. The van der Waals surface area contributed by atoms with Gasteiger partial charge in [-0.1, -0.05) is 27.5 Å². The molecule has 0 radical (unpaired) electrons. The lowest BCUT2D eigenvalue weighted by atomic mass is 10.1. The summed E-state index contributed by atoms with van der Waals surface area (Å²) in [5.74, 6) is 0. The van der Waals surface area contributed by atoms with Crippen molar-refractivity contribution in [2.75, 3.05) is 20.2 Å². The van der Waals surface area contributed by atoms with Crippen LogP contribution in [0.2, 0.25) is 5.02 Å². The number of sulfonamides is 1. The fraction of sp³-hybridized carbons (Fsp3) is 0.500. The summed E-state index contributed by atoms with van der Waals surface area (Å²) in [6.45, 7) is 0.931. The SMILES string of the molecule is COC1CCN(S(=O)(=O)c2ccc(Br)cc2Cl)CC1. The molecule has 1 fully saturated rings. The van der Waals surface area contributed by atoms with E-state index in [4.69, 9.17) is 16.3 Å². The van der Waals surface area contributed by atoms with Crippen LogP contribution in [0.3, 0.4) is 0 Å². The predicted octanol–water partition coefficient (Wildman–Crippen LogP) is 2.90. The van der Waals surface area contributed by atoms with Gasteiger partial charge >= 0.3 is 0 Å². The number of piperidine rings is 1. The molecule has 0 N–H and O–H groups in total. The van der Waals surface area contributed by atoms with Crippen LogP contribution in [0.1, 0.15) is 12.8 Å². The van der Waals surface area contributed by atoms with E-state index < -0.39 is 10.0 Å². The maximum atomic E-state index is 12.5. The summed E-state index contributed by atoms with van der Waals surface area (Å²) >= 11 is 9.30. The van der Waals surface area contributed by atoms with Crippen molar-refractivity contribution in [3.05, 3.63) is 27.7 Å². The first-order valence-electron chi connectivity index (χ1n) is 5.93. The average Bonchev–Trinajstić information content (AvgIpc) is 2.38. The number of rotatable bonds is 3. The molecule has 1 aliphatic rings. The molecule has 2 rings (SSSR count). The Morgan fingerprint density at radius 3 is 2.53 bits per heavy atom. The maximum Gasteiger partial charge on any atom is 0.244 e. The molecular formula is C12H15BrClNO3S. The van der Waals surface area contributed by atoms with Crippen molar-refractivity contribution >= 4 is 37.6 Å². The molecule has 1 heterocycles. The number of nitrogens with zero attached hydrogens (tertiary/aromatic N) is 1. The van der Waals surface area contributed by atoms with Gasteiger partial charge < -0.3 is 4.74 Å². The quantitative estimate of drug-likeness (QED) is 0.824. The molecule has 0 aromatic heterocycles. The van der Waals surface area contributed by atoms with Crippen LogP contribution in [0.15, 0.2) is 27.6 Å². The first-order chi connectivity index (χ1) is 8.95. The third kappa shape index (κ3) is 3.31. The molecule has 1 aromatic carbocycles. The Balaban J connectivity index is 2.23. The number of halogens is 2. The van der Waals surface area contributed by atoms with Crippen LogP contribution in [0.25, 0.3) is 0 Å². The van der Waals surface area contributed by atoms with Gasteiger partial charge in [0.2, 0.25) is 10.0 Å². The van der Waals surface area contributed by atoms with Gasteiger partial charge in [0, 0.05) is 24.7 Å². The van der Waals surface area contributed by atoms with E-state index in [0.29, 0.717) is 25.9 Å². The van der Waals surface area contributed by atoms with Crippen LogP contribution in [-0.2, 0) is 14.8 Å². The van der Waals surface area contributed by atoms with E-state index in [1.54, 1.807) is 19.2 Å². The highest BCUT2D eigenvalue weighted by Crippen LogP contribution is 2.29. The van der Waals surface area contributed by atoms with Crippen LogP contribution in [0.4, 0.5) is 0 Å². The molecular weight excluding hydrogens is 354 g/mol. The van der Waals surface area contributed by atoms with E-state index in [1.165, 1.54) is 10.4 Å². The lowest BCUT2D eigenvalue weighted by Gasteiger charge is -2.30. The van der Waals surface area contributed by atoms with Gasteiger partial charge in [-0.3, -0.25) is 0 Å². The van der Waals surface area contributed by atoms with E-state index >= 15 is 0 Å². The lowest BCUT2D eigenvalue weighted by Crippen LogP contribution is -2.40. The third-order valence-corrected chi connectivity index (χ3v) is 6.12. The molecule has 0 amide bonds. The summed E-state index contributed by atoms with van der Waals surface area (Å²) in [6.07, 6.45) is 1.57. The molecule has 0 spiro atoms. The van der Waals surface area contributed by atoms with Gasteiger partial charge in [-0.2, -0.15) is 4.31 Å². The highest BCUT2D eigenvalue weighted by Gasteiger charge is 2.30. The van der Waals surface area contributed by atoms with Gasteiger partial charge in [-0.05, 0) is 31.0 Å². The molecule has 1 aromatic rings. The largest absolute Gasteiger partial charge is 0.381 e. The predicted molar refractivity (Wildman–Crippen MR) is 77.9 cm³/mol. The minimum atomic E-state index is -3.52. The molecule has 4 nitrogen and oxygen atoms in total. The number of hydrogen-bond donors (Lipinski definition) is 0.